The van der Waals surface area contributed by atoms with Crippen LogP contribution in [-0.2, 0) is 22.4 Å². The number of hydrogen-bond acceptors (Lipinski definition) is 6. The number of thiophene rings is 1. The van der Waals surface area contributed by atoms with E-state index in [-0.39, 0.29) is 17.9 Å². The van der Waals surface area contributed by atoms with Gasteiger partial charge in [0.15, 0.2) is 0 Å². The van der Waals surface area contributed by atoms with Crippen molar-refractivity contribution in [1.82, 2.24) is 9.80 Å². The lowest BCUT2D eigenvalue weighted by atomic mass is 9.96. The minimum Gasteiger partial charge on any atom is -0.462 e. The van der Waals surface area contributed by atoms with Gasteiger partial charge < -0.3 is 10.1 Å². The first-order valence-electron chi connectivity index (χ1n) is 13.8. The lowest BCUT2D eigenvalue weighted by molar-refractivity contribution is -0.117. The van der Waals surface area contributed by atoms with Crippen LogP contribution < -0.4 is 5.32 Å². The van der Waals surface area contributed by atoms with Crippen LogP contribution in [0.25, 0.3) is 0 Å². The SMILES string of the molecule is CCOC(=O)c1c(NC(=O)CN2CCN(C(c3ccccc3)c3ccccc3)CC2)sc2c1CCCCC2. The van der Waals surface area contributed by atoms with Gasteiger partial charge in [0.2, 0.25) is 5.91 Å². The molecular formula is C31H37N3O3S. The maximum atomic E-state index is 13.1. The molecule has 1 aliphatic heterocycles. The molecule has 200 valence electrons. The molecule has 1 amide bonds. The van der Waals surface area contributed by atoms with Crippen LogP contribution in [-0.4, -0.2) is 61.0 Å². The van der Waals surface area contributed by atoms with Gasteiger partial charge in [0.25, 0.3) is 0 Å². The van der Waals surface area contributed by atoms with Gasteiger partial charge in [-0.15, -0.1) is 11.3 Å². The fourth-order valence-electron chi connectivity index (χ4n) is 5.68. The quantitative estimate of drug-likeness (QED) is 0.306. The smallest absolute Gasteiger partial charge is 0.341 e. The molecule has 2 aliphatic rings. The van der Waals surface area contributed by atoms with E-state index in [1.165, 1.54) is 22.4 Å². The van der Waals surface area contributed by atoms with Crippen molar-refractivity contribution in [3.63, 3.8) is 0 Å². The van der Waals surface area contributed by atoms with Gasteiger partial charge in [-0.2, -0.15) is 0 Å². The average molecular weight is 532 g/mol. The molecule has 5 rings (SSSR count). The van der Waals surface area contributed by atoms with Crippen molar-refractivity contribution in [1.29, 1.82) is 0 Å². The highest BCUT2D eigenvalue weighted by Gasteiger charge is 2.29. The van der Waals surface area contributed by atoms with E-state index < -0.39 is 0 Å². The summed E-state index contributed by atoms with van der Waals surface area (Å²) in [6, 6.07) is 21.5. The lowest BCUT2D eigenvalue weighted by Gasteiger charge is -2.39. The summed E-state index contributed by atoms with van der Waals surface area (Å²) in [7, 11) is 0. The van der Waals surface area contributed by atoms with E-state index in [0.29, 0.717) is 23.7 Å². The molecule has 6 nitrogen and oxygen atoms in total. The number of aryl methyl sites for hydroxylation is 1. The van der Waals surface area contributed by atoms with Crippen LogP contribution in [0, 0.1) is 0 Å². The number of ether oxygens (including phenoxy) is 1. The summed E-state index contributed by atoms with van der Waals surface area (Å²) in [5.74, 6) is -0.383. The maximum Gasteiger partial charge on any atom is 0.341 e. The third-order valence-electron chi connectivity index (χ3n) is 7.52. The number of nitrogens with zero attached hydrogens (tertiary/aromatic N) is 2. The van der Waals surface area contributed by atoms with Crippen LogP contribution in [0.1, 0.15) is 64.2 Å². The Bertz CT molecular complexity index is 1180. The zero-order valence-electron chi connectivity index (χ0n) is 22.2. The van der Waals surface area contributed by atoms with Gasteiger partial charge in [-0.1, -0.05) is 67.1 Å². The van der Waals surface area contributed by atoms with E-state index in [1.807, 2.05) is 6.92 Å². The Kier molecular flexibility index (Phi) is 8.89. The van der Waals surface area contributed by atoms with Crippen molar-refractivity contribution in [3.05, 3.63) is 87.8 Å². The summed E-state index contributed by atoms with van der Waals surface area (Å²) < 4.78 is 5.37. The van der Waals surface area contributed by atoms with E-state index in [4.69, 9.17) is 4.74 Å². The van der Waals surface area contributed by atoms with Crippen LogP contribution in [0.15, 0.2) is 60.7 Å². The molecule has 1 aliphatic carbocycles. The number of benzene rings is 2. The molecule has 1 fully saturated rings. The molecule has 3 aromatic rings. The third kappa shape index (κ3) is 6.17. The van der Waals surface area contributed by atoms with Gasteiger partial charge >= 0.3 is 5.97 Å². The number of esters is 1. The average Bonchev–Trinajstić information content (AvgIpc) is 3.11. The molecule has 1 N–H and O–H groups in total. The molecule has 2 heterocycles. The molecule has 1 aromatic heterocycles. The summed E-state index contributed by atoms with van der Waals surface area (Å²) in [6.45, 7) is 5.85. The Balaban J connectivity index is 1.24. The Hall–Kier alpha value is -3.00. The molecule has 38 heavy (non-hydrogen) atoms. The van der Waals surface area contributed by atoms with E-state index in [2.05, 4.69) is 75.8 Å². The van der Waals surface area contributed by atoms with Gasteiger partial charge in [-0.05, 0) is 49.3 Å². The molecule has 0 atom stereocenters. The summed E-state index contributed by atoms with van der Waals surface area (Å²) in [5.41, 5.74) is 4.24. The first-order chi connectivity index (χ1) is 18.6. The van der Waals surface area contributed by atoms with Gasteiger partial charge in [-0.25, -0.2) is 4.79 Å². The number of amides is 1. The van der Waals surface area contributed by atoms with E-state index in [9.17, 15) is 9.59 Å². The first kappa shape index (κ1) is 26.6. The maximum absolute atomic E-state index is 13.1. The van der Waals surface area contributed by atoms with Crippen molar-refractivity contribution < 1.29 is 14.3 Å². The van der Waals surface area contributed by atoms with E-state index in [0.717, 1.165) is 57.4 Å². The molecular weight excluding hydrogens is 494 g/mol. The van der Waals surface area contributed by atoms with Crippen molar-refractivity contribution >= 4 is 28.2 Å². The van der Waals surface area contributed by atoms with Crippen LogP contribution in [0.4, 0.5) is 5.00 Å². The zero-order chi connectivity index (χ0) is 26.3. The Labute approximate surface area is 229 Å². The monoisotopic (exact) mass is 531 g/mol. The number of anilines is 1. The summed E-state index contributed by atoms with van der Waals surface area (Å²) in [5, 5.41) is 3.74. The minimum absolute atomic E-state index is 0.0666. The highest BCUT2D eigenvalue weighted by atomic mass is 32.1. The summed E-state index contributed by atoms with van der Waals surface area (Å²) in [6.07, 6.45) is 5.21. The topological polar surface area (TPSA) is 61.9 Å². The van der Waals surface area contributed by atoms with Gasteiger partial charge in [0, 0.05) is 31.1 Å². The third-order valence-corrected chi connectivity index (χ3v) is 8.73. The van der Waals surface area contributed by atoms with Crippen molar-refractivity contribution in [2.45, 2.75) is 45.1 Å². The van der Waals surface area contributed by atoms with Crippen molar-refractivity contribution in [2.75, 3.05) is 44.6 Å². The van der Waals surface area contributed by atoms with Crippen LogP contribution >= 0.6 is 11.3 Å². The molecule has 0 bridgehead atoms. The molecule has 0 saturated carbocycles. The molecule has 0 spiro atoms. The predicted molar refractivity (Wildman–Crippen MR) is 153 cm³/mol. The second kappa shape index (κ2) is 12.7. The molecule has 1 saturated heterocycles. The number of rotatable bonds is 8. The molecule has 2 aromatic carbocycles. The van der Waals surface area contributed by atoms with E-state index in [1.54, 1.807) is 11.3 Å². The van der Waals surface area contributed by atoms with E-state index >= 15 is 0 Å². The van der Waals surface area contributed by atoms with Gasteiger partial charge in [-0.3, -0.25) is 14.6 Å². The molecule has 0 radical (unpaired) electrons. The van der Waals surface area contributed by atoms with Crippen LogP contribution in [0.2, 0.25) is 0 Å². The van der Waals surface area contributed by atoms with Crippen LogP contribution in [0.5, 0.6) is 0 Å². The number of piperazine rings is 1. The fraction of sp³-hybridized carbons (Fsp3) is 0.419. The van der Waals surface area contributed by atoms with Gasteiger partial charge in [0.05, 0.1) is 24.8 Å². The Morgan fingerprint density at radius 1 is 0.895 bits per heavy atom. The zero-order valence-corrected chi connectivity index (χ0v) is 23.0. The summed E-state index contributed by atoms with van der Waals surface area (Å²) >= 11 is 1.56. The second-order valence-electron chi connectivity index (χ2n) is 10.1. The highest BCUT2D eigenvalue weighted by molar-refractivity contribution is 7.17. The fourth-order valence-corrected chi connectivity index (χ4v) is 6.98. The largest absolute Gasteiger partial charge is 0.462 e. The van der Waals surface area contributed by atoms with Crippen molar-refractivity contribution in [2.24, 2.45) is 0 Å². The normalized spacial score (nSPS) is 16.6. The standard InChI is InChI=1S/C31H37N3O3S/c1-2-37-31(36)28-25-16-10-5-11-17-26(25)38-30(28)32-27(35)22-33-18-20-34(21-19-33)29(23-12-6-3-7-13-23)24-14-8-4-9-15-24/h3-4,6-9,12-15,29H,2,5,10-11,16-22H2,1H3,(H,32,35). The first-order valence-corrected chi connectivity index (χ1v) is 14.6. The molecule has 7 heteroatoms. The molecule has 0 unspecified atom stereocenters. The van der Waals surface area contributed by atoms with Gasteiger partial charge in [0.1, 0.15) is 5.00 Å². The Morgan fingerprint density at radius 2 is 1.53 bits per heavy atom. The predicted octanol–water partition coefficient (Wildman–Crippen LogP) is 5.54. The second-order valence-corrected chi connectivity index (χ2v) is 11.2. The number of fused-ring (bicyclic) bond motifs is 1. The number of carbonyl (C=O) groups is 2. The minimum atomic E-state index is -0.316. The number of hydrogen-bond donors (Lipinski definition) is 1. The number of nitrogens with one attached hydrogen (secondary N) is 1. The lowest BCUT2D eigenvalue weighted by Crippen LogP contribution is -2.49. The number of carbonyl (C=O) groups excluding carboxylic acids is 2. The highest BCUT2D eigenvalue weighted by Crippen LogP contribution is 2.38. The summed E-state index contributed by atoms with van der Waals surface area (Å²) in [4.78, 5) is 31.9. The van der Waals surface area contributed by atoms with Crippen LogP contribution in [0.3, 0.4) is 0 Å². The Morgan fingerprint density at radius 3 is 2.16 bits per heavy atom. The van der Waals surface area contributed by atoms with Crippen molar-refractivity contribution in [3.8, 4) is 0 Å².